The Morgan fingerprint density at radius 2 is 1.90 bits per heavy atom. The number of alkyl halides is 2. The van der Waals surface area contributed by atoms with Crippen molar-refractivity contribution in [3.05, 3.63) is 42.7 Å². The molecule has 2 aromatic heterocycles. The molecule has 0 amide bonds. The molecule has 100 valence electrons. The predicted molar refractivity (Wildman–Crippen MR) is 65.1 cm³/mol. The van der Waals surface area contributed by atoms with Crippen molar-refractivity contribution < 1.29 is 18.3 Å². The third-order valence-corrected chi connectivity index (χ3v) is 2.93. The molecule has 1 aromatic carbocycles. The fourth-order valence-electron chi connectivity index (χ4n) is 2.07. The van der Waals surface area contributed by atoms with Crippen LogP contribution in [0.4, 0.5) is 8.78 Å². The van der Waals surface area contributed by atoms with Gasteiger partial charge in [0.15, 0.2) is 11.5 Å². The highest BCUT2D eigenvalue weighted by Crippen LogP contribution is 2.41. The summed E-state index contributed by atoms with van der Waals surface area (Å²) in [6, 6.07) is 8.09. The Kier molecular flexibility index (Phi) is 2.04. The molecule has 0 unspecified atom stereocenters. The first-order chi connectivity index (χ1) is 9.61. The summed E-state index contributed by atoms with van der Waals surface area (Å²) in [5, 5.41) is 4.32. The molecule has 0 atom stereocenters. The number of fused-ring (bicyclic) bond motifs is 2. The predicted octanol–water partition coefficient (Wildman–Crippen LogP) is 2.74. The van der Waals surface area contributed by atoms with Crippen molar-refractivity contribution in [3.8, 4) is 17.2 Å². The van der Waals surface area contributed by atoms with Gasteiger partial charge in [0.1, 0.15) is 11.0 Å². The molecule has 3 heterocycles. The Labute approximate surface area is 111 Å². The molecule has 0 spiro atoms. The maximum Gasteiger partial charge on any atom is 0.586 e. The van der Waals surface area contributed by atoms with E-state index in [1.807, 2.05) is 6.07 Å². The summed E-state index contributed by atoms with van der Waals surface area (Å²) >= 11 is 0. The van der Waals surface area contributed by atoms with E-state index in [0.717, 1.165) is 11.0 Å². The molecule has 0 bridgehead atoms. The fraction of sp³-hybridized carbons (Fsp3) is 0.0769. The van der Waals surface area contributed by atoms with E-state index in [1.54, 1.807) is 29.2 Å². The smallest absolute Gasteiger partial charge is 0.395 e. The number of nitrogens with zero attached hydrogens (tertiary/aromatic N) is 3. The monoisotopic (exact) mass is 275 g/mol. The van der Waals surface area contributed by atoms with Crippen LogP contribution < -0.4 is 9.47 Å². The fourth-order valence-corrected chi connectivity index (χ4v) is 2.07. The van der Waals surface area contributed by atoms with Crippen molar-refractivity contribution in [1.82, 2.24) is 14.8 Å². The highest BCUT2D eigenvalue weighted by atomic mass is 19.3. The summed E-state index contributed by atoms with van der Waals surface area (Å²) in [5.74, 6) is -0.00592. The minimum absolute atomic E-state index is 0.00795. The van der Waals surface area contributed by atoms with Gasteiger partial charge in [-0.15, -0.1) is 8.78 Å². The van der Waals surface area contributed by atoms with E-state index in [9.17, 15) is 8.78 Å². The van der Waals surface area contributed by atoms with Crippen LogP contribution in [0.15, 0.2) is 42.7 Å². The number of rotatable bonds is 1. The van der Waals surface area contributed by atoms with Crippen LogP contribution in [0.3, 0.4) is 0 Å². The van der Waals surface area contributed by atoms with Crippen LogP contribution in [0, 0.1) is 0 Å². The SMILES string of the molecule is FC1(F)Oc2ccc(-n3cc4ncccc4n3)cc2O1. The van der Waals surface area contributed by atoms with Crippen LogP contribution in [-0.2, 0) is 0 Å². The Balaban J connectivity index is 1.80. The molecule has 0 N–H and O–H groups in total. The Morgan fingerprint density at radius 1 is 1.05 bits per heavy atom. The molecule has 4 rings (SSSR count). The van der Waals surface area contributed by atoms with E-state index in [2.05, 4.69) is 19.6 Å². The second-order valence-corrected chi connectivity index (χ2v) is 4.28. The van der Waals surface area contributed by atoms with Gasteiger partial charge in [-0.25, -0.2) is 4.68 Å². The van der Waals surface area contributed by atoms with E-state index in [-0.39, 0.29) is 11.5 Å². The topological polar surface area (TPSA) is 49.2 Å². The summed E-state index contributed by atoms with van der Waals surface area (Å²) in [7, 11) is 0. The first-order valence-electron chi connectivity index (χ1n) is 5.81. The summed E-state index contributed by atoms with van der Waals surface area (Å²) in [5.41, 5.74) is 2.02. The maximum atomic E-state index is 13.0. The van der Waals surface area contributed by atoms with Gasteiger partial charge >= 0.3 is 6.29 Å². The number of aromatic nitrogens is 3. The molecule has 20 heavy (non-hydrogen) atoms. The van der Waals surface area contributed by atoms with Crippen molar-refractivity contribution in [2.24, 2.45) is 0 Å². The van der Waals surface area contributed by atoms with Crippen LogP contribution in [0.2, 0.25) is 0 Å². The molecule has 5 nitrogen and oxygen atoms in total. The maximum absolute atomic E-state index is 13.0. The van der Waals surface area contributed by atoms with E-state index in [4.69, 9.17) is 0 Å². The second kappa shape index (κ2) is 3.66. The van der Waals surface area contributed by atoms with Gasteiger partial charge in [-0.3, -0.25) is 4.98 Å². The number of halogens is 2. The van der Waals surface area contributed by atoms with E-state index < -0.39 is 6.29 Å². The highest BCUT2D eigenvalue weighted by molar-refractivity contribution is 5.73. The van der Waals surface area contributed by atoms with Gasteiger partial charge in [-0.05, 0) is 24.3 Å². The zero-order valence-electron chi connectivity index (χ0n) is 9.96. The van der Waals surface area contributed by atoms with Crippen LogP contribution in [0.25, 0.3) is 16.7 Å². The second-order valence-electron chi connectivity index (χ2n) is 4.28. The molecule has 0 aliphatic carbocycles. The molecular formula is C13H7F2N3O2. The zero-order valence-corrected chi connectivity index (χ0v) is 9.96. The van der Waals surface area contributed by atoms with E-state index in [1.165, 1.54) is 12.1 Å². The lowest BCUT2D eigenvalue weighted by atomic mass is 10.3. The lowest BCUT2D eigenvalue weighted by Crippen LogP contribution is -2.25. The number of pyridine rings is 1. The molecule has 7 heteroatoms. The Hall–Kier alpha value is -2.70. The lowest BCUT2D eigenvalue weighted by molar-refractivity contribution is -0.286. The van der Waals surface area contributed by atoms with Crippen molar-refractivity contribution in [2.75, 3.05) is 0 Å². The van der Waals surface area contributed by atoms with Crippen molar-refractivity contribution in [2.45, 2.75) is 6.29 Å². The average molecular weight is 275 g/mol. The molecule has 0 fully saturated rings. The molecule has 1 aliphatic rings. The highest BCUT2D eigenvalue weighted by Gasteiger charge is 2.43. The van der Waals surface area contributed by atoms with Gasteiger partial charge < -0.3 is 9.47 Å². The third-order valence-electron chi connectivity index (χ3n) is 2.93. The summed E-state index contributed by atoms with van der Waals surface area (Å²) in [6.45, 7) is 0. The largest absolute Gasteiger partial charge is 0.586 e. The molecule has 1 aliphatic heterocycles. The molecule has 3 aromatic rings. The summed E-state index contributed by atoms with van der Waals surface area (Å²) in [6.07, 6.45) is -0.239. The van der Waals surface area contributed by atoms with Crippen LogP contribution in [0.1, 0.15) is 0 Å². The molecular weight excluding hydrogens is 268 g/mol. The standard InChI is InChI=1S/C13H7F2N3O2/c14-13(15)19-11-4-3-8(6-12(11)20-13)18-7-10-9(17-18)2-1-5-16-10/h1-7H. The minimum Gasteiger partial charge on any atom is -0.395 e. The number of benzene rings is 1. The normalized spacial score (nSPS) is 15.7. The van der Waals surface area contributed by atoms with Crippen molar-refractivity contribution in [3.63, 3.8) is 0 Å². The Morgan fingerprint density at radius 3 is 2.75 bits per heavy atom. The first-order valence-corrected chi connectivity index (χ1v) is 5.81. The van der Waals surface area contributed by atoms with Crippen molar-refractivity contribution >= 4 is 11.0 Å². The van der Waals surface area contributed by atoms with Gasteiger partial charge in [0.2, 0.25) is 0 Å². The third kappa shape index (κ3) is 1.67. The van der Waals surface area contributed by atoms with E-state index in [0.29, 0.717) is 5.69 Å². The molecule has 0 saturated carbocycles. The van der Waals surface area contributed by atoms with Gasteiger partial charge in [-0.1, -0.05) is 0 Å². The van der Waals surface area contributed by atoms with Crippen LogP contribution >= 0.6 is 0 Å². The number of ether oxygens (including phenoxy) is 2. The zero-order chi connectivity index (χ0) is 13.7. The first kappa shape index (κ1) is 11.2. The lowest BCUT2D eigenvalue weighted by Gasteiger charge is -2.04. The minimum atomic E-state index is -3.61. The van der Waals surface area contributed by atoms with E-state index >= 15 is 0 Å². The van der Waals surface area contributed by atoms with Gasteiger partial charge in [0.25, 0.3) is 0 Å². The molecule has 0 radical (unpaired) electrons. The quantitative estimate of drug-likeness (QED) is 0.685. The summed E-state index contributed by atoms with van der Waals surface area (Å²) < 4.78 is 36.2. The number of hydrogen-bond donors (Lipinski definition) is 0. The molecule has 0 saturated heterocycles. The van der Waals surface area contributed by atoms with Gasteiger partial charge in [0, 0.05) is 12.3 Å². The van der Waals surface area contributed by atoms with Gasteiger partial charge in [0.05, 0.1) is 11.9 Å². The van der Waals surface area contributed by atoms with Crippen LogP contribution in [0.5, 0.6) is 11.5 Å². The summed E-state index contributed by atoms with van der Waals surface area (Å²) in [4.78, 5) is 4.16. The number of hydrogen-bond acceptors (Lipinski definition) is 4. The Bertz CT molecular complexity index is 783. The van der Waals surface area contributed by atoms with Crippen molar-refractivity contribution in [1.29, 1.82) is 0 Å². The van der Waals surface area contributed by atoms with Crippen LogP contribution in [-0.4, -0.2) is 21.1 Å². The van der Waals surface area contributed by atoms with Gasteiger partial charge in [-0.2, -0.15) is 5.10 Å². The average Bonchev–Trinajstić information content (AvgIpc) is 2.96.